The number of hydrogen-bond donors (Lipinski definition) is 2. The number of benzene rings is 2. The van der Waals surface area contributed by atoms with E-state index in [-0.39, 0.29) is 17.1 Å². The highest BCUT2D eigenvalue weighted by molar-refractivity contribution is 6.01. The Hall–Kier alpha value is -3.94. The SMILES string of the molecule is NC(=O)c1ccc(F)cc1Nc1nc(-c2cccnc2)nc2ccc(F)cc12. The van der Waals surface area contributed by atoms with E-state index in [1.54, 1.807) is 24.5 Å². The lowest BCUT2D eigenvalue weighted by atomic mass is 10.1. The number of nitrogens with one attached hydrogen (secondary N) is 1. The minimum absolute atomic E-state index is 0.0764. The molecule has 4 aromatic rings. The molecule has 0 saturated heterocycles. The number of nitrogens with zero attached hydrogens (tertiary/aromatic N) is 3. The molecule has 0 bridgehead atoms. The van der Waals surface area contributed by atoms with E-state index in [4.69, 9.17) is 5.73 Å². The van der Waals surface area contributed by atoms with Gasteiger partial charge in [0, 0.05) is 23.3 Å². The predicted molar refractivity (Wildman–Crippen MR) is 101 cm³/mol. The van der Waals surface area contributed by atoms with Crippen LogP contribution in [0, 0.1) is 11.6 Å². The maximum atomic E-state index is 13.8. The van der Waals surface area contributed by atoms with Crippen molar-refractivity contribution in [2.75, 3.05) is 5.32 Å². The summed E-state index contributed by atoms with van der Waals surface area (Å²) in [4.78, 5) is 24.6. The molecule has 0 aliphatic carbocycles. The zero-order valence-electron chi connectivity index (χ0n) is 14.4. The van der Waals surface area contributed by atoms with Crippen LogP contribution in [0.25, 0.3) is 22.3 Å². The second-order valence-electron chi connectivity index (χ2n) is 5.98. The number of rotatable bonds is 4. The van der Waals surface area contributed by atoms with Crippen LogP contribution in [-0.4, -0.2) is 20.9 Å². The van der Waals surface area contributed by atoms with E-state index in [2.05, 4.69) is 20.3 Å². The van der Waals surface area contributed by atoms with E-state index in [9.17, 15) is 13.6 Å². The van der Waals surface area contributed by atoms with Crippen molar-refractivity contribution in [3.05, 3.63) is 78.1 Å². The van der Waals surface area contributed by atoms with Crippen LogP contribution in [0.1, 0.15) is 10.4 Å². The molecule has 6 nitrogen and oxygen atoms in total. The number of halogens is 2. The number of aromatic nitrogens is 3. The van der Waals surface area contributed by atoms with Crippen molar-refractivity contribution in [2.45, 2.75) is 0 Å². The Morgan fingerprint density at radius 3 is 2.54 bits per heavy atom. The first-order valence-corrected chi connectivity index (χ1v) is 8.25. The average molecular weight is 377 g/mol. The van der Waals surface area contributed by atoms with E-state index in [0.29, 0.717) is 22.3 Å². The number of fused-ring (bicyclic) bond motifs is 1. The molecular formula is C20H13F2N5O. The molecule has 28 heavy (non-hydrogen) atoms. The first kappa shape index (κ1) is 17.5. The van der Waals surface area contributed by atoms with Crippen LogP contribution in [0.15, 0.2) is 60.9 Å². The Balaban J connectivity index is 1.92. The molecule has 2 aromatic carbocycles. The number of carbonyl (C=O) groups excluding carboxylic acids is 1. The zero-order chi connectivity index (χ0) is 19.7. The van der Waals surface area contributed by atoms with Crippen molar-refractivity contribution in [3.63, 3.8) is 0 Å². The first-order chi connectivity index (χ1) is 13.5. The smallest absolute Gasteiger partial charge is 0.250 e. The third kappa shape index (κ3) is 3.35. The van der Waals surface area contributed by atoms with Gasteiger partial charge in [-0.2, -0.15) is 0 Å². The highest BCUT2D eigenvalue weighted by Crippen LogP contribution is 2.29. The van der Waals surface area contributed by atoms with Gasteiger partial charge in [-0.1, -0.05) is 0 Å². The number of anilines is 2. The first-order valence-electron chi connectivity index (χ1n) is 8.25. The molecule has 0 saturated carbocycles. The van der Waals surface area contributed by atoms with Crippen LogP contribution in [0.3, 0.4) is 0 Å². The summed E-state index contributed by atoms with van der Waals surface area (Å²) in [6, 6.07) is 11.1. The van der Waals surface area contributed by atoms with E-state index in [1.807, 2.05) is 0 Å². The number of primary amides is 1. The van der Waals surface area contributed by atoms with Crippen LogP contribution in [0.4, 0.5) is 20.3 Å². The molecule has 2 heterocycles. The van der Waals surface area contributed by atoms with Gasteiger partial charge in [0.25, 0.3) is 5.91 Å². The summed E-state index contributed by atoms with van der Waals surface area (Å²) in [5, 5.41) is 3.26. The Morgan fingerprint density at radius 2 is 1.79 bits per heavy atom. The van der Waals surface area contributed by atoms with Crippen molar-refractivity contribution in [2.24, 2.45) is 5.73 Å². The van der Waals surface area contributed by atoms with Crippen molar-refractivity contribution in [3.8, 4) is 11.4 Å². The number of pyridine rings is 1. The second kappa shape index (κ2) is 6.99. The second-order valence-corrected chi connectivity index (χ2v) is 5.98. The molecule has 138 valence electrons. The van der Waals surface area contributed by atoms with Gasteiger partial charge >= 0.3 is 0 Å². The third-order valence-corrected chi connectivity index (χ3v) is 4.08. The van der Waals surface area contributed by atoms with Crippen molar-refractivity contribution in [1.29, 1.82) is 0 Å². The maximum absolute atomic E-state index is 13.8. The van der Waals surface area contributed by atoms with E-state index >= 15 is 0 Å². The summed E-state index contributed by atoms with van der Waals surface area (Å²) < 4.78 is 27.6. The van der Waals surface area contributed by atoms with Gasteiger partial charge in [-0.05, 0) is 48.5 Å². The van der Waals surface area contributed by atoms with Gasteiger partial charge in [-0.25, -0.2) is 18.7 Å². The fraction of sp³-hybridized carbons (Fsp3) is 0. The Morgan fingerprint density at radius 1 is 1.00 bits per heavy atom. The number of hydrogen-bond acceptors (Lipinski definition) is 5. The Bertz CT molecular complexity index is 1200. The van der Waals surface area contributed by atoms with Crippen molar-refractivity contribution in [1.82, 2.24) is 15.0 Å². The van der Waals surface area contributed by atoms with Crippen molar-refractivity contribution < 1.29 is 13.6 Å². The van der Waals surface area contributed by atoms with Gasteiger partial charge in [0.2, 0.25) is 0 Å². The molecule has 0 atom stereocenters. The fourth-order valence-corrected chi connectivity index (χ4v) is 2.78. The summed E-state index contributed by atoms with van der Waals surface area (Å²) in [5.74, 6) is -1.24. The van der Waals surface area contributed by atoms with Gasteiger partial charge in [0.15, 0.2) is 5.82 Å². The van der Waals surface area contributed by atoms with Gasteiger partial charge in [-0.15, -0.1) is 0 Å². The Kier molecular flexibility index (Phi) is 4.36. The molecule has 0 aliphatic rings. The van der Waals surface area contributed by atoms with Crippen LogP contribution in [-0.2, 0) is 0 Å². The molecule has 0 unspecified atom stereocenters. The quantitative estimate of drug-likeness (QED) is 0.564. The molecule has 8 heteroatoms. The van der Waals surface area contributed by atoms with Crippen LogP contribution in [0.2, 0.25) is 0 Å². The molecule has 0 radical (unpaired) electrons. The minimum Gasteiger partial charge on any atom is -0.366 e. The molecule has 0 fully saturated rings. The zero-order valence-corrected chi connectivity index (χ0v) is 14.4. The standard InChI is InChI=1S/C20H13F2N5O/c21-12-4-6-16-15(8-12)20(27-19(25-16)11-2-1-7-24-10-11)26-17-9-13(22)3-5-14(17)18(23)28/h1-10H,(H2,23,28)(H,25,26,27). The summed E-state index contributed by atoms with van der Waals surface area (Å²) in [5.41, 5.74) is 6.68. The topological polar surface area (TPSA) is 93.8 Å². The van der Waals surface area contributed by atoms with E-state index in [1.165, 1.54) is 24.3 Å². The van der Waals surface area contributed by atoms with Gasteiger partial charge in [0.05, 0.1) is 16.8 Å². The highest BCUT2D eigenvalue weighted by Gasteiger charge is 2.15. The predicted octanol–water partition coefficient (Wildman–Crippen LogP) is 3.81. The molecule has 0 spiro atoms. The van der Waals surface area contributed by atoms with Gasteiger partial charge < -0.3 is 11.1 Å². The van der Waals surface area contributed by atoms with E-state index in [0.717, 1.165) is 12.1 Å². The summed E-state index contributed by atoms with van der Waals surface area (Å²) in [6.07, 6.45) is 3.20. The number of amides is 1. The number of carbonyl (C=O) groups is 1. The van der Waals surface area contributed by atoms with Crippen molar-refractivity contribution >= 4 is 28.3 Å². The van der Waals surface area contributed by atoms with Crippen LogP contribution < -0.4 is 11.1 Å². The molecule has 4 rings (SSSR count). The molecule has 1 amide bonds. The molecule has 0 aliphatic heterocycles. The maximum Gasteiger partial charge on any atom is 0.250 e. The summed E-state index contributed by atoms with van der Waals surface area (Å²) >= 11 is 0. The van der Waals surface area contributed by atoms with Crippen LogP contribution >= 0.6 is 0 Å². The number of nitrogens with two attached hydrogens (primary N) is 1. The average Bonchev–Trinajstić information content (AvgIpc) is 2.68. The lowest BCUT2D eigenvalue weighted by Crippen LogP contribution is -2.14. The third-order valence-electron chi connectivity index (χ3n) is 4.08. The summed E-state index contributed by atoms with van der Waals surface area (Å²) in [7, 11) is 0. The largest absolute Gasteiger partial charge is 0.366 e. The molecule has 3 N–H and O–H groups in total. The normalized spacial score (nSPS) is 10.8. The highest BCUT2D eigenvalue weighted by atomic mass is 19.1. The van der Waals surface area contributed by atoms with E-state index < -0.39 is 17.5 Å². The van der Waals surface area contributed by atoms with Crippen LogP contribution in [0.5, 0.6) is 0 Å². The minimum atomic E-state index is -0.737. The summed E-state index contributed by atoms with van der Waals surface area (Å²) in [6.45, 7) is 0. The lowest BCUT2D eigenvalue weighted by molar-refractivity contribution is 0.100. The van der Waals surface area contributed by atoms with Gasteiger partial charge in [-0.3, -0.25) is 9.78 Å². The molecular weight excluding hydrogens is 364 g/mol. The molecule has 2 aromatic heterocycles. The fourth-order valence-electron chi connectivity index (χ4n) is 2.78. The van der Waals surface area contributed by atoms with Gasteiger partial charge in [0.1, 0.15) is 17.5 Å². The lowest BCUT2D eigenvalue weighted by Gasteiger charge is -2.13. The Labute approximate surface area is 158 Å². The monoisotopic (exact) mass is 377 g/mol.